The highest BCUT2D eigenvalue weighted by molar-refractivity contribution is 5.96. The minimum Gasteiger partial charge on any atom is -0.467 e. The molecule has 0 spiro atoms. The molecule has 0 aromatic heterocycles. The van der Waals surface area contributed by atoms with E-state index in [9.17, 15) is 9.59 Å². The summed E-state index contributed by atoms with van der Waals surface area (Å²) in [4.78, 5) is 22.7. The molecule has 0 saturated carbocycles. The molecule has 98 valence electrons. The number of rotatable bonds is 5. The fourth-order valence-corrected chi connectivity index (χ4v) is 1.72. The molecule has 3 N–H and O–H groups in total. The number of methoxy groups -OCH3 is 1. The highest BCUT2D eigenvalue weighted by atomic mass is 16.5. The van der Waals surface area contributed by atoms with Gasteiger partial charge in [0.25, 0.3) is 0 Å². The van der Waals surface area contributed by atoms with Crippen molar-refractivity contribution in [2.75, 3.05) is 12.4 Å². The molecule has 1 atom stereocenters. The van der Waals surface area contributed by atoms with Crippen molar-refractivity contribution in [2.24, 2.45) is 5.73 Å². The van der Waals surface area contributed by atoms with Gasteiger partial charge in [-0.05, 0) is 31.0 Å². The van der Waals surface area contributed by atoms with E-state index in [4.69, 9.17) is 10.5 Å². The normalized spacial score (nSPS) is 11.7. The summed E-state index contributed by atoms with van der Waals surface area (Å²) in [5.41, 5.74) is 7.16. The maximum absolute atomic E-state index is 11.5. The van der Waals surface area contributed by atoms with Crippen LogP contribution in [0.15, 0.2) is 18.2 Å². The van der Waals surface area contributed by atoms with Gasteiger partial charge in [0.1, 0.15) is 6.04 Å². The number of ether oxygens (including phenoxy) is 1. The van der Waals surface area contributed by atoms with Crippen LogP contribution in [0.1, 0.15) is 29.3 Å². The van der Waals surface area contributed by atoms with E-state index >= 15 is 0 Å². The zero-order valence-electron chi connectivity index (χ0n) is 10.8. The SMILES string of the molecule is CCC(Nc1cccc(C(N)=O)c1C)C(=O)OC. The van der Waals surface area contributed by atoms with Crippen molar-refractivity contribution in [3.05, 3.63) is 29.3 Å². The number of carbonyl (C=O) groups excluding carboxylic acids is 2. The van der Waals surface area contributed by atoms with Crippen molar-refractivity contribution in [3.63, 3.8) is 0 Å². The number of nitrogens with two attached hydrogens (primary N) is 1. The molecular formula is C13H18N2O3. The smallest absolute Gasteiger partial charge is 0.328 e. The highest BCUT2D eigenvalue weighted by Crippen LogP contribution is 2.20. The minimum absolute atomic E-state index is 0.332. The Morgan fingerprint density at radius 1 is 1.44 bits per heavy atom. The Bertz CT molecular complexity index is 458. The monoisotopic (exact) mass is 250 g/mol. The van der Waals surface area contributed by atoms with Crippen molar-refractivity contribution in [2.45, 2.75) is 26.3 Å². The Morgan fingerprint density at radius 3 is 2.61 bits per heavy atom. The molecule has 1 amide bonds. The number of nitrogens with one attached hydrogen (secondary N) is 1. The zero-order chi connectivity index (χ0) is 13.7. The van der Waals surface area contributed by atoms with Crippen molar-refractivity contribution in [1.82, 2.24) is 0 Å². The molecule has 0 bridgehead atoms. The number of primary amides is 1. The lowest BCUT2D eigenvalue weighted by atomic mass is 10.1. The van der Waals surface area contributed by atoms with Gasteiger partial charge in [0.2, 0.25) is 5.91 Å². The van der Waals surface area contributed by atoms with Crippen molar-refractivity contribution < 1.29 is 14.3 Å². The largest absolute Gasteiger partial charge is 0.467 e. The van der Waals surface area contributed by atoms with E-state index < -0.39 is 11.9 Å². The van der Waals surface area contributed by atoms with E-state index in [1.807, 2.05) is 6.92 Å². The highest BCUT2D eigenvalue weighted by Gasteiger charge is 2.18. The van der Waals surface area contributed by atoms with E-state index in [0.717, 1.165) is 5.56 Å². The molecule has 0 saturated heterocycles. The van der Waals surface area contributed by atoms with Gasteiger partial charge in [-0.15, -0.1) is 0 Å². The van der Waals surface area contributed by atoms with Crippen LogP contribution in [0.2, 0.25) is 0 Å². The summed E-state index contributed by atoms with van der Waals surface area (Å²) in [6.45, 7) is 3.66. The Labute approximate surface area is 106 Å². The second kappa shape index (κ2) is 6.05. The van der Waals surface area contributed by atoms with Crippen LogP contribution in [0.3, 0.4) is 0 Å². The van der Waals surface area contributed by atoms with Crippen molar-refractivity contribution >= 4 is 17.6 Å². The lowest BCUT2D eigenvalue weighted by Gasteiger charge is -2.18. The van der Waals surface area contributed by atoms with Crippen LogP contribution in [0.5, 0.6) is 0 Å². The molecule has 0 aliphatic carbocycles. The Kier molecular flexibility index (Phi) is 4.71. The number of benzene rings is 1. The summed E-state index contributed by atoms with van der Waals surface area (Å²) in [6, 6.07) is 4.74. The van der Waals surface area contributed by atoms with Crippen LogP contribution in [0.25, 0.3) is 0 Å². The molecule has 18 heavy (non-hydrogen) atoms. The number of hydrogen-bond donors (Lipinski definition) is 2. The summed E-state index contributed by atoms with van der Waals surface area (Å²) in [5, 5.41) is 3.06. The molecular weight excluding hydrogens is 232 g/mol. The first-order valence-corrected chi connectivity index (χ1v) is 5.75. The van der Waals surface area contributed by atoms with E-state index in [2.05, 4.69) is 5.32 Å². The van der Waals surface area contributed by atoms with Crippen LogP contribution in [-0.2, 0) is 9.53 Å². The number of carbonyl (C=O) groups is 2. The van der Waals surface area contributed by atoms with Gasteiger partial charge >= 0.3 is 5.97 Å². The molecule has 5 nitrogen and oxygen atoms in total. The molecule has 0 radical (unpaired) electrons. The van der Waals surface area contributed by atoms with Gasteiger partial charge in [-0.2, -0.15) is 0 Å². The third kappa shape index (κ3) is 3.00. The van der Waals surface area contributed by atoms with Crippen LogP contribution in [0, 0.1) is 6.92 Å². The van der Waals surface area contributed by atoms with Gasteiger partial charge in [-0.3, -0.25) is 4.79 Å². The van der Waals surface area contributed by atoms with Gasteiger partial charge in [0.15, 0.2) is 0 Å². The van der Waals surface area contributed by atoms with Crippen molar-refractivity contribution in [3.8, 4) is 0 Å². The first kappa shape index (κ1) is 14.0. The zero-order valence-corrected chi connectivity index (χ0v) is 10.8. The van der Waals surface area contributed by atoms with Gasteiger partial charge in [0, 0.05) is 11.3 Å². The first-order valence-electron chi connectivity index (χ1n) is 5.75. The fraction of sp³-hybridized carbons (Fsp3) is 0.385. The van der Waals surface area contributed by atoms with E-state index in [0.29, 0.717) is 17.7 Å². The maximum Gasteiger partial charge on any atom is 0.328 e. The molecule has 1 unspecified atom stereocenters. The molecule has 0 aliphatic rings. The topological polar surface area (TPSA) is 81.4 Å². The Balaban J connectivity index is 3.00. The van der Waals surface area contributed by atoms with Gasteiger partial charge < -0.3 is 15.8 Å². The molecule has 1 aromatic carbocycles. The third-order valence-electron chi connectivity index (χ3n) is 2.82. The maximum atomic E-state index is 11.5. The molecule has 0 fully saturated rings. The van der Waals surface area contributed by atoms with Crippen LogP contribution in [-0.4, -0.2) is 25.0 Å². The average molecular weight is 250 g/mol. The van der Waals surface area contributed by atoms with Crippen LogP contribution in [0.4, 0.5) is 5.69 Å². The molecule has 0 aliphatic heterocycles. The van der Waals surface area contributed by atoms with E-state index in [1.165, 1.54) is 7.11 Å². The summed E-state index contributed by atoms with van der Waals surface area (Å²) in [7, 11) is 1.35. The quantitative estimate of drug-likeness (QED) is 0.775. The Hall–Kier alpha value is -2.04. The van der Waals surface area contributed by atoms with Gasteiger partial charge in [-0.1, -0.05) is 13.0 Å². The number of esters is 1. The summed E-state index contributed by atoms with van der Waals surface area (Å²) < 4.78 is 4.70. The molecule has 0 heterocycles. The lowest BCUT2D eigenvalue weighted by Crippen LogP contribution is -2.30. The summed E-state index contributed by atoms with van der Waals surface area (Å²) >= 11 is 0. The van der Waals surface area contributed by atoms with Crippen molar-refractivity contribution in [1.29, 1.82) is 0 Å². The summed E-state index contributed by atoms with van der Waals surface area (Å²) in [5.74, 6) is -0.816. The van der Waals surface area contributed by atoms with E-state index in [1.54, 1.807) is 25.1 Å². The van der Waals surface area contributed by atoms with E-state index in [-0.39, 0.29) is 5.97 Å². The average Bonchev–Trinajstić information content (AvgIpc) is 2.36. The predicted octanol–water partition coefficient (Wildman–Crippen LogP) is 1.46. The molecule has 5 heteroatoms. The molecule has 1 rings (SSSR count). The summed E-state index contributed by atoms with van der Waals surface area (Å²) in [6.07, 6.45) is 0.590. The number of anilines is 1. The molecule has 1 aromatic rings. The Morgan fingerprint density at radius 2 is 2.11 bits per heavy atom. The third-order valence-corrected chi connectivity index (χ3v) is 2.82. The first-order chi connectivity index (χ1) is 8.51. The van der Waals surface area contributed by atoms with Crippen LogP contribution >= 0.6 is 0 Å². The number of amides is 1. The lowest BCUT2D eigenvalue weighted by molar-refractivity contribution is -0.141. The number of hydrogen-bond acceptors (Lipinski definition) is 4. The minimum atomic E-state index is -0.484. The van der Waals surface area contributed by atoms with Gasteiger partial charge in [-0.25, -0.2) is 4.79 Å². The van der Waals surface area contributed by atoms with Crippen LogP contribution < -0.4 is 11.1 Å². The predicted molar refractivity (Wildman–Crippen MR) is 69.4 cm³/mol. The second-order valence-electron chi connectivity index (χ2n) is 3.97. The standard InChI is InChI=1S/C13H18N2O3/c1-4-10(13(17)18-3)15-11-7-5-6-9(8(11)2)12(14)16/h5-7,10,15H,4H2,1-3H3,(H2,14,16). The van der Waals surface area contributed by atoms with Gasteiger partial charge in [0.05, 0.1) is 7.11 Å². The second-order valence-corrected chi connectivity index (χ2v) is 3.97. The fourth-order valence-electron chi connectivity index (χ4n) is 1.72.